The van der Waals surface area contributed by atoms with Gasteiger partial charge in [0.2, 0.25) is 10.0 Å². The van der Waals surface area contributed by atoms with E-state index in [1.807, 2.05) is 19.9 Å². The van der Waals surface area contributed by atoms with Gasteiger partial charge in [0.15, 0.2) is 0 Å². The number of hydrogen-bond donors (Lipinski definition) is 1. The zero-order valence-electron chi connectivity index (χ0n) is 11.1. The average Bonchev–Trinajstić information content (AvgIpc) is 2.36. The van der Waals surface area contributed by atoms with E-state index in [9.17, 15) is 8.42 Å². The van der Waals surface area contributed by atoms with E-state index in [-0.39, 0.29) is 25.0 Å². The molecule has 0 bridgehead atoms. The second-order valence-corrected chi connectivity index (χ2v) is 6.30. The van der Waals surface area contributed by atoms with Crippen LogP contribution in [0.15, 0.2) is 24.3 Å². The van der Waals surface area contributed by atoms with Gasteiger partial charge in [-0.05, 0) is 31.5 Å². The number of nitrogens with zero attached hydrogens (tertiary/aromatic N) is 1. The Morgan fingerprint density at radius 2 is 2.16 bits per heavy atom. The van der Waals surface area contributed by atoms with Crippen molar-refractivity contribution in [3.63, 3.8) is 0 Å². The molecule has 0 aliphatic carbocycles. The number of sulfonamides is 1. The van der Waals surface area contributed by atoms with Crippen molar-refractivity contribution in [2.45, 2.75) is 26.5 Å². The molecule has 1 aromatic rings. The molecule has 0 radical (unpaired) electrons. The van der Waals surface area contributed by atoms with Crippen molar-refractivity contribution in [3.05, 3.63) is 35.4 Å². The van der Waals surface area contributed by atoms with Crippen molar-refractivity contribution in [2.24, 2.45) is 0 Å². The molecular formula is C13H18N2O3S. The fourth-order valence-electron chi connectivity index (χ4n) is 1.41. The zero-order chi connectivity index (χ0) is 14.3. The summed E-state index contributed by atoms with van der Waals surface area (Å²) in [5.41, 5.74) is 1.27. The standard InChI is InChI=1S/C13H18N2O3S/c1-11(2)18-6-7-19(16,17)15-10-13-5-3-4-12(8-13)9-14/h3-5,8,11,15H,6-7,10H2,1-2H3. The zero-order valence-corrected chi connectivity index (χ0v) is 11.9. The Balaban J connectivity index is 2.48. The Morgan fingerprint density at radius 1 is 1.42 bits per heavy atom. The molecule has 5 nitrogen and oxygen atoms in total. The summed E-state index contributed by atoms with van der Waals surface area (Å²) in [5, 5.41) is 8.75. The Morgan fingerprint density at radius 3 is 2.79 bits per heavy atom. The van der Waals surface area contributed by atoms with Gasteiger partial charge in [0.1, 0.15) is 0 Å². The molecule has 0 saturated carbocycles. The van der Waals surface area contributed by atoms with Crippen LogP contribution in [0.2, 0.25) is 0 Å². The van der Waals surface area contributed by atoms with Gasteiger partial charge in [-0.3, -0.25) is 0 Å². The van der Waals surface area contributed by atoms with E-state index < -0.39 is 10.0 Å². The number of benzene rings is 1. The maximum absolute atomic E-state index is 11.7. The molecular weight excluding hydrogens is 264 g/mol. The van der Waals surface area contributed by atoms with Crippen LogP contribution in [-0.2, 0) is 21.3 Å². The number of rotatable bonds is 7. The van der Waals surface area contributed by atoms with Gasteiger partial charge >= 0.3 is 0 Å². The molecule has 0 atom stereocenters. The van der Waals surface area contributed by atoms with E-state index in [0.29, 0.717) is 5.56 Å². The minimum Gasteiger partial charge on any atom is -0.378 e. The van der Waals surface area contributed by atoms with E-state index in [2.05, 4.69) is 4.72 Å². The molecule has 0 fully saturated rings. The molecule has 0 aliphatic rings. The van der Waals surface area contributed by atoms with E-state index >= 15 is 0 Å². The molecule has 104 valence electrons. The summed E-state index contributed by atoms with van der Waals surface area (Å²) >= 11 is 0. The van der Waals surface area contributed by atoms with Crippen LogP contribution in [0.1, 0.15) is 25.0 Å². The highest BCUT2D eigenvalue weighted by molar-refractivity contribution is 7.89. The topological polar surface area (TPSA) is 79.2 Å². The largest absolute Gasteiger partial charge is 0.378 e. The van der Waals surface area contributed by atoms with Gasteiger partial charge in [0.25, 0.3) is 0 Å². The van der Waals surface area contributed by atoms with E-state index in [4.69, 9.17) is 10.00 Å². The van der Waals surface area contributed by atoms with Gasteiger partial charge in [-0.15, -0.1) is 0 Å². The number of ether oxygens (including phenoxy) is 1. The first-order valence-electron chi connectivity index (χ1n) is 6.01. The van der Waals surface area contributed by atoms with Crippen LogP contribution in [0, 0.1) is 11.3 Å². The second kappa shape index (κ2) is 7.24. The smallest absolute Gasteiger partial charge is 0.214 e. The maximum Gasteiger partial charge on any atom is 0.214 e. The van der Waals surface area contributed by atoms with Crippen LogP contribution >= 0.6 is 0 Å². The highest BCUT2D eigenvalue weighted by Gasteiger charge is 2.10. The van der Waals surface area contributed by atoms with Crippen LogP contribution in [0.25, 0.3) is 0 Å². The molecule has 0 spiro atoms. The predicted molar refractivity (Wildman–Crippen MR) is 72.9 cm³/mol. The van der Waals surface area contributed by atoms with E-state index in [0.717, 1.165) is 5.56 Å². The number of nitriles is 1. The average molecular weight is 282 g/mol. The third-order valence-corrected chi connectivity index (χ3v) is 3.64. The van der Waals surface area contributed by atoms with Gasteiger partial charge in [0.05, 0.1) is 30.1 Å². The molecule has 19 heavy (non-hydrogen) atoms. The lowest BCUT2D eigenvalue weighted by Gasteiger charge is -2.09. The normalized spacial score (nSPS) is 11.5. The Labute approximate surface area is 114 Å². The molecule has 6 heteroatoms. The first kappa shape index (κ1) is 15.6. The van der Waals surface area contributed by atoms with Crippen LogP contribution in [0.5, 0.6) is 0 Å². The Hall–Kier alpha value is -1.42. The maximum atomic E-state index is 11.7. The molecule has 0 aromatic heterocycles. The summed E-state index contributed by atoms with van der Waals surface area (Å²) in [6.07, 6.45) is 0.0162. The van der Waals surface area contributed by atoms with Gasteiger partial charge in [-0.2, -0.15) is 5.26 Å². The summed E-state index contributed by atoms with van der Waals surface area (Å²) in [4.78, 5) is 0. The lowest BCUT2D eigenvalue weighted by atomic mass is 10.1. The molecule has 1 rings (SSSR count). The van der Waals surface area contributed by atoms with Gasteiger partial charge < -0.3 is 4.74 Å². The molecule has 1 N–H and O–H groups in total. The minimum atomic E-state index is -3.35. The van der Waals surface area contributed by atoms with Crippen molar-refractivity contribution in [1.82, 2.24) is 4.72 Å². The monoisotopic (exact) mass is 282 g/mol. The van der Waals surface area contributed by atoms with Crippen LogP contribution in [0.4, 0.5) is 0 Å². The molecule has 0 heterocycles. The quantitative estimate of drug-likeness (QED) is 0.820. The third-order valence-electron chi connectivity index (χ3n) is 2.36. The van der Waals surface area contributed by atoms with E-state index in [1.54, 1.807) is 24.3 Å². The van der Waals surface area contributed by atoms with Crippen molar-refractivity contribution in [1.29, 1.82) is 5.26 Å². The molecule has 0 saturated heterocycles. The summed E-state index contributed by atoms with van der Waals surface area (Å²) in [7, 11) is -3.35. The summed E-state index contributed by atoms with van der Waals surface area (Å²) in [5.74, 6) is -0.0663. The van der Waals surface area contributed by atoms with Crippen molar-refractivity contribution in [2.75, 3.05) is 12.4 Å². The highest BCUT2D eigenvalue weighted by Crippen LogP contribution is 2.04. The van der Waals surface area contributed by atoms with Crippen LogP contribution in [0.3, 0.4) is 0 Å². The molecule has 1 aromatic carbocycles. The van der Waals surface area contributed by atoms with Gasteiger partial charge in [-0.1, -0.05) is 12.1 Å². The van der Waals surface area contributed by atoms with E-state index in [1.165, 1.54) is 0 Å². The van der Waals surface area contributed by atoms with Crippen LogP contribution in [-0.4, -0.2) is 26.9 Å². The third kappa shape index (κ3) is 6.34. The fourth-order valence-corrected chi connectivity index (χ4v) is 2.26. The molecule has 0 unspecified atom stereocenters. The summed E-state index contributed by atoms with van der Waals surface area (Å²) in [6.45, 7) is 4.06. The summed E-state index contributed by atoms with van der Waals surface area (Å²) in [6, 6.07) is 8.85. The first-order chi connectivity index (χ1) is 8.93. The van der Waals surface area contributed by atoms with Crippen molar-refractivity contribution in [3.8, 4) is 6.07 Å². The minimum absolute atomic E-state index is 0.0162. The Bertz CT molecular complexity index is 547. The highest BCUT2D eigenvalue weighted by atomic mass is 32.2. The van der Waals surface area contributed by atoms with Crippen molar-refractivity contribution < 1.29 is 13.2 Å². The molecule has 0 amide bonds. The molecule has 0 aliphatic heterocycles. The fraction of sp³-hybridized carbons (Fsp3) is 0.462. The number of nitrogens with one attached hydrogen (secondary N) is 1. The van der Waals surface area contributed by atoms with Crippen molar-refractivity contribution >= 4 is 10.0 Å². The lowest BCUT2D eigenvalue weighted by molar-refractivity contribution is 0.0911. The summed E-state index contributed by atoms with van der Waals surface area (Å²) < 4.78 is 31.1. The van der Waals surface area contributed by atoms with Crippen LogP contribution < -0.4 is 4.72 Å². The first-order valence-corrected chi connectivity index (χ1v) is 7.66. The van der Waals surface area contributed by atoms with Gasteiger partial charge in [-0.25, -0.2) is 13.1 Å². The SMILES string of the molecule is CC(C)OCCS(=O)(=O)NCc1cccc(C#N)c1. The van der Waals surface area contributed by atoms with Gasteiger partial charge in [0, 0.05) is 6.54 Å². The number of hydrogen-bond acceptors (Lipinski definition) is 4. The second-order valence-electron chi connectivity index (χ2n) is 4.37. The lowest BCUT2D eigenvalue weighted by Crippen LogP contribution is -2.28. The Kier molecular flexibility index (Phi) is 5.96. The predicted octanol–water partition coefficient (Wildman–Crippen LogP) is 1.40.